The van der Waals surface area contributed by atoms with Crippen molar-refractivity contribution in [1.82, 2.24) is 15.2 Å². The lowest BCUT2D eigenvalue weighted by molar-refractivity contribution is -0.137. The first-order valence-corrected chi connectivity index (χ1v) is 6.45. The molecule has 0 aliphatic rings. The smallest absolute Gasteiger partial charge is 0.341 e. The molecule has 0 N–H and O–H groups in total. The van der Waals surface area contributed by atoms with Gasteiger partial charge < -0.3 is 4.90 Å². The Labute approximate surface area is 124 Å². The fourth-order valence-corrected chi connectivity index (χ4v) is 1.90. The van der Waals surface area contributed by atoms with Crippen molar-refractivity contribution in [2.24, 2.45) is 0 Å². The van der Waals surface area contributed by atoms with Crippen LogP contribution in [0.25, 0.3) is 0 Å². The molecule has 2 aromatic rings. The van der Waals surface area contributed by atoms with Gasteiger partial charge in [0.25, 0.3) is 0 Å². The Bertz CT molecular complexity index is 667. The van der Waals surface area contributed by atoms with E-state index in [-0.39, 0.29) is 18.9 Å². The van der Waals surface area contributed by atoms with Crippen LogP contribution in [-0.2, 0) is 23.9 Å². The minimum Gasteiger partial charge on any atom is -0.341 e. The van der Waals surface area contributed by atoms with Gasteiger partial charge in [-0.05, 0) is 24.6 Å². The van der Waals surface area contributed by atoms with Crippen LogP contribution in [0.1, 0.15) is 22.5 Å². The number of amides is 1. The van der Waals surface area contributed by atoms with Crippen LogP contribution >= 0.6 is 0 Å². The Morgan fingerprint density at radius 3 is 2.64 bits per heavy atom. The van der Waals surface area contributed by atoms with Crippen molar-refractivity contribution in [3.63, 3.8) is 0 Å². The van der Waals surface area contributed by atoms with Gasteiger partial charge in [0.15, 0.2) is 0 Å². The lowest BCUT2D eigenvalue weighted by Crippen LogP contribution is -2.28. The van der Waals surface area contributed by atoms with E-state index < -0.39 is 11.7 Å². The molecule has 1 aromatic carbocycles. The number of aryl methyl sites for hydroxylation is 1. The summed E-state index contributed by atoms with van der Waals surface area (Å²) in [5.74, 6) is -0.281. The summed E-state index contributed by atoms with van der Waals surface area (Å²) in [6.45, 7) is 1.74. The third-order valence-corrected chi connectivity index (χ3v) is 3.16. The van der Waals surface area contributed by atoms with Crippen LogP contribution in [0, 0.1) is 6.92 Å². The number of likely N-dealkylation sites (N-methyl/N-ethyl adjacent to an activating group) is 1. The number of rotatable bonds is 4. The number of halogens is 3. The van der Waals surface area contributed by atoms with Gasteiger partial charge in [-0.15, -0.1) is 0 Å². The fourth-order valence-electron chi connectivity index (χ4n) is 1.90. The van der Waals surface area contributed by atoms with Gasteiger partial charge >= 0.3 is 6.18 Å². The summed E-state index contributed by atoms with van der Waals surface area (Å²) >= 11 is 0. The number of carbonyl (C=O) groups is 1. The van der Waals surface area contributed by atoms with E-state index in [1.807, 2.05) is 0 Å². The van der Waals surface area contributed by atoms with E-state index in [0.29, 0.717) is 17.0 Å². The van der Waals surface area contributed by atoms with Crippen molar-refractivity contribution in [1.29, 1.82) is 0 Å². The van der Waals surface area contributed by atoms with Crippen molar-refractivity contribution < 1.29 is 22.6 Å². The van der Waals surface area contributed by atoms with E-state index in [1.165, 1.54) is 18.0 Å². The highest BCUT2D eigenvalue weighted by molar-refractivity contribution is 5.78. The Balaban J connectivity index is 2.04. The molecule has 0 saturated carbocycles. The summed E-state index contributed by atoms with van der Waals surface area (Å²) in [6.07, 6.45) is -4.41. The van der Waals surface area contributed by atoms with E-state index in [1.54, 1.807) is 13.0 Å². The molecule has 22 heavy (non-hydrogen) atoms. The molecule has 1 heterocycles. The first-order chi connectivity index (χ1) is 10.3. The summed E-state index contributed by atoms with van der Waals surface area (Å²) in [6, 6.07) is 4.90. The number of benzene rings is 1. The Hall–Kier alpha value is -2.38. The first-order valence-electron chi connectivity index (χ1n) is 6.45. The molecular formula is C14H14F3N3O2. The maximum Gasteiger partial charge on any atom is 0.416 e. The molecule has 0 atom stereocenters. The molecule has 0 aliphatic carbocycles. The molecule has 1 amide bonds. The molecule has 0 aliphatic heterocycles. The molecule has 8 heteroatoms. The number of alkyl halides is 3. The van der Waals surface area contributed by atoms with Gasteiger partial charge in [-0.25, -0.2) is 4.63 Å². The summed E-state index contributed by atoms with van der Waals surface area (Å²) in [5, 5.41) is 7.18. The standard InChI is InChI=1S/C14H14F3N3O2/c1-9-12(19-22-18-9)7-13(21)20(2)8-10-4-3-5-11(6-10)14(15,16)17/h3-6H,7-8H2,1-2H3. The molecule has 1 aromatic heterocycles. The molecular weight excluding hydrogens is 299 g/mol. The second kappa shape index (κ2) is 6.17. The van der Waals surface area contributed by atoms with Gasteiger partial charge in [0, 0.05) is 13.6 Å². The zero-order valence-corrected chi connectivity index (χ0v) is 12.0. The predicted octanol–water partition coefficient (Wildman–Crippen LogP) is 2.60. The van der Waals surface area contributed by atoms with Crippen molar-refractivity contribution in [3.8, 4) is 0 Å². The van der Waals surface area contributed by atoms with E-state index in [2.05, 4.69) is 14.9 Å². The quantitative estimate of drug-likeness (QED) is 0.870. The summed E-state index contributed by atoms with van der Waals surface area (Å²) in [7, 11) is 1.52. The number of hydrogen-bond acceptors (Lipinski definition) is 4. The fraction of sp³-hybridized carbons (Fsp3) is 0.357. The van der Waals surface area contributed by atoms with Crippen LogP contribution in [-0.4, -0.2) is 28.2 Å². The third-order valence-electron chi connectivity index (χ3n) is 3.16. The Kier molecular flexibility index (Phi) is 4.48. The molecule has 118 valence electrons. The van der Waals surface area contributed by atoms with Crippen LogP contribution < -0.4 is 0 Å². The van der Waals surface area contributed by atoms with Gasteiger partial charge in [0.2, 0.25) is 5.91 Å². The molecule has 0 unspecified atom stereocenters. The van der Waals surface area contributed by atoms with E-state index in [4.69, 9.17) is 0 Å². The zero-order valence-electron chi connectivity index (χ0n) is 12.0. The van der Waals surface area contributed by atoms with Crippen LogP contribution in [0.4, 0.5) is 13.2 Å². The van der Waals surface area contributed by atoms with Gasteiger partial charge in [-0.3, -0.25) is 4.79 Å². The van der Waals surface area contributed by atoms with Crippen LogP contribution in [0.2, 0.25) is 0 Å². The largest absolute Gasteiger partial charge is 0.416 e. The molecule has 0 radical (unpaired) electrons. The SMILES string of the molecule is Cc1nonc1CC(=O)N(C)Cc1cccc(C(F)(F)F)c1. The first kappa shape index (κ1) is 16.0. The summed E-state index contributed by atoms with van der Waals surface area (Å²) in [4.78, 5) is 13.4. The highest BCUT2D eigenvalue weighted by atomic mass is 19.4. The van der Waals surface area contributed by atoms with Crippen molar-refractivity contribution in [2.45, 2.75) is 26.1 Å². The Morgan fingerprint density at radius 1 is 1.32 bits per heavy atom. The minimum absolute atomic E-state index is 0.00913. The minimum atomic E-state index is -4.40. The van der Waals surface area contributed by atoms with E-state index in [0.717, 1.165) is 12.1 Å². The molecule has 0 fully saturated rings. The maximum absolute atomic E-state index is 12.7. The summed E-state index contributed by atoms with van der Waals surface area (Å²) in [5.41, 5.74) is 0.602. The molecule has 5 nitrogen and oxygen atoms in total. The topological polar surface area (TPSA) is 59.2 Å². The second-order valence-electron chi connectivity index (χ2n) is 4.92. The van der Waals surface area contributed by atoms with Crippen LogP contribution in [0.5, 0.6) is 0 Å². The predicted molar refractivity (Wildman–Crippen MR) is 70.7 cm³/mol. The number of hydrogen-bond donors (Lipinski definition) is 0. The number of aromatic nitrogens is 2. The third kappa shape index (κ3) is 3.84. The van der Waals surface area contributed by atoms with Gasteiger partial charge in [0.05, 0.1) is 12.0 Å². The zero-order chi connectivity index (χ0) is 16.3. The lowest BCUT2D eigenvalue weighted by atomic mass is 10.1. The molecule has 0 saturated heterocycles. The van der Waals surface area contributed by atoms with Crippen LogP contribution in [0.3, 0.4) is 0 Å². The van der Waals surface area contributed by atoms with Gasteiger partial charge in [-0.2, -0.15) is 13.2 Å². The average molecular weight is 313 g/mol. The van der Waals surface area contributed by atoms with Gasteiger partial charge in [-0.1, -0.05) is 22.4 Å². The normalized spacial score (nSPS) is 11.5. The number of carbonyl (C=O) groups excluding carboxylic acids is 1. The van der Waals surface area contributed by atoms with Gasteiger partial charge in [0.1, 0.15) is 11.4 Å². The van der Waals surface area contributed by atoms with E-state index >= 15 is 0 Å². The average Bonchev–Trinajstić information content (AvgIpc) is 2.83. The highest BCUT2D eigenvalue weighted by Gasteiger charge is 2.30. The van der Waals surface area contributed by atoms with Crippen molar-refractivity contribution in [3.05, 3.63) is 46.8 Å². The second-order valence-corrected chi connectivity index (χ2v) is 4.92. The lowest BCUT2D eigenvalue weighted by Gasteiger charge is -2.17. The van der Waals surface area contributed by atoms with Crippen molar-refractivity contribution in [2.75, 3.05) is 7.05 Å². The van der Waals surface area contributed by atoms with E-state index in [9.17, 15) is 18.0 Å². The van der Waals surface area contributed by atoms with Crippen molar-refractivity contribution >= 4 is 5.91 Å². The highest BCUT2D eigenvalue weighted by Crippen LogP contribution is 2.29. The van der Waals surface area contributed by atoms with Crippen LogP contribution in [0.15, 0.2) is 28.9 Å². The monoisotopic (exact) mass is 313 g/mol. The molecule has 0 bridgehead atoms. The Morgan fingerprint density at radius 2 is 2.05 bits per heavy atom. The summed E-state index contributed by atoms with van der Waals surface area (Å²) < 4.78 is 42.5. The molecule has 2 rings (SSSR count). The maximum atomic E-state index is 12.7. The number of nitrogens with zero attached hydrogens (tertiary/aromatic N) is 3. The molecule has 0 spiro atoms.